The first-order chi connectivity index (χ1) is 19.2. The molecular formula is C28H35F4N3O5. The molecule has 1 saturated heterocycles. The number of methoxy groups -OCH3 is 2. The number of halogens is 4. The number of anilines is 1. The number of amides is 1. The van der Waals surface area contributed by atoms with Gasteiger partial charge in [0, 0.05) is 44.3 Å². The van der Waals surface area contributed by atoms with Crippen LogP contribution in [-0.4, -0.2) is 80.5 Å². The molecule has 220 valence electrons. The van der Waals surface area contributed by atoms with Crippen LogP contribution in [-0.2, 0) is 25.4 Å². The van der Waals surface area contributed by atoms with Crippen LogP contribution in [0.25, 0.3) is 0 Å². The molecule has 1 aliphatic carbocycles. The third kappa shape index (κ3) is 7.02. The zero-order valence-corrected chi connectivity index (χ0v) is 22.7. The van der Waals surface area contributed by atoms with Gasteiger partial charge in [-0.1, -0.05) is 19.3 Å². The van der Waals surface area contributed by atoms with Crippen LogP contribution in [0.2, 0.25) is 0 Å². The fraction of sp³-hybridized carbons (Fsp3) is 0.571. The van der Waals surface area contributed by atoms with Crippen molar-refractivity contribution in [3.8, 4) is 5.75 Å². The highest BCUT2D eigenvalue weighted by molar-refractivity contribution is 5.93. The monoisotopic (exact) mass is 569 g/mol. The van der Waals surface area contributed by atoms with E-state index in [1.165, 1.54) is 54.5 Å². The van der Waals surface area contributed by atoms with E-state index in [1.807, 2.05) is 0 Å². The van der Waals surface area contributed by atoms with Gasteiger partial charge in [-0.15, -0.1) is 0 Å². The number of carbonyl (C=O) groups is 1. The second kappa shape index (κ2) is 13.1. The molecule has 2 aliphatic rings. The number of benzene rings is 1. The van der Waals surface area contributed by atoms with Crippen molar-refractivity contribution >= 4 is 11.6 Å². The lowest BCUT2D eigenvalue weighted by Crippen LogP contribution is -2.77. The van der Waals surface area contributed by atoms with Crippen molar-refractivity contribution in [3.05, 3.63) is 54.1 Å². The second-order valence-corrected chi connectivity index (χ2v) is 10.1. The Hall–Kier alpha value is -2.96. The molecule has 1 aliphatic heterocycles. The molecule has 0 radical (unpaired) electrons. The highest BCUT2D eigenvalue weighted by Crippen LogP contribution is 2.39. The number of ether oxygens (including phenoxy) is 4. The van der Waals surface area contributed by atoms with Crippen molar-refractivity contribution in [2.75, 3.05) is 45.8 Å². The first-order valence-corrected chi connectivity index (χ1v) is 13.3. The number of alkyl halides is 3. The molecule has 0 unspecified atom stereocenters. The first kappa shape index (κ1) is 30.0. The van der Waals surface area contributed by atoms with E-state index < -0.39 is 30.2 Å². The normalized spacial score (nSPS) is 21.8. The number of likely N-dealkylation sites (tertiary alicyclic amines) is 1. The van der Waals surface area contributed by atoms with Gasteiger partial charge in [-0.2, -0.15) is 13.2 Å². The van der Waals surface area contributed by atoms with E-state index >= 15 is 0 Å². The maximum absolute atomic E-state index is 13.6. The Morgan fingerprint density at radius 1 is 1.07 bits per heavy atom. The molecule has 40 heavy (non-hydrogen) atoms. The van der Waals surface area contributed by atoms with E-state index in [0.29, 0.717) is 30.0 Å². The van der Waals surface area contributed by atoms with E-state index in [4.69, 9.17) is 18.9 Å². The number of hydrogen-bond acceptors (Lipinski definition) is 7. The van der Waals surface area contributed by atoms with Gasteiger partial charge in [0.2, 0.25) is 0 Å². The number of carbonyl (C=O) groups excluding carboxylic acids is 1. The van der Waals surface area contributed by atoms with Crippen molar-refractivity contribution in [1.29, 1.82) is 0 Å². The topological polar surface area (TPSA) is 73.4 Å². The summed E-state index contributed by atoms with van der Waals surface area (Å²) in [5.74, 6) is -0.399. The molecule has 12 heteroatoms. The predicted octanol–water partition coefficient (Wildman–Crippen LogP) is 4.72. The Morgan fingerprint density at radius 2 is 1.80 bits per heavy atom. The molecule has 0 N–H and O–H groups in total. The van der Waals surface area contributed by atoms with Gasteiger partial charge in [-0.05, 0) is 49.2 Å². The summed E-state index contributed by atoms with van der Waals surface area (Å²) in [6, 6.07) is 7.76. The number of aromatic nitrogens is 1. The lowest BCUT2D eigenvalue weighted by Gasteiger charge is -2.54. The first-order valence-electron chi connectivity index (χ1n) is 13.3. The fourth-order valence-corrected chi connectivity index (χ4v) is 5.52. The zero-order valence-electron chi connectivity index (χ0n) is 22.7. The van der Waals surface area contributed by atoms with E-state index in [-0.39, 0.29) is 38.5 Å². The molecule has 0 bridgehead atoms. The number of β-lactam (4-membered cyclic amide) rings is 1. The third-order valence-corrected chi connectivity index (χ3v) is 7.40. The average molecular weight is 570 g/mol. The van der Waals surface area contributed by atoms with E-state index in [2.05, 4.69) is 4.98 Å². The number of nitrogens with zero attached hydrogens (tertiary/aromatic N) is 3. The molecule has 1 aromatic heterocycles. The maximum Gasteiger partial charge on any atom is 0.405 e. The van der Waals surface area contributed by atoms with Gasteiger partial charge in [0.15, 0.2) is 5.60 Å². The molecule has 1 saturated carbocycles. The molecule has 2 fully saturated rings. The van der Waals surface area contributed by atoms with Crippen molar-refractivity contribution < 1.29 is 41.3 Å². The van der Waals surface area contributed by atoms with Gasteiger partial charge in [0.1, 0.15) is 44.3 Å². The van der Waals surface area contributed by atoms with Gasteiger partial charge < -0.3 is 28.7 Å². The Labute approximate surface area is 231 Å². The Kier molecular flexibility index (Phi) is 9.85. The third-order valence-electron chi connectivity index (χ3n) is 7.40. The molecule has 2 heterocycles. The smallest absolute Gasteiger partial charge is 0.405 e. The van der Waals surface area contributed by atoms with E-state index in [0.717, 1.165) is 19.3 Å². The minimum absolute atomic E-state index is 0.00753. The number of hydrogen-bond donors (Lipinski definition) is 0. The molecule has 0 spiro atoms. The summed E-state index contributed by atoms with van der Waals surface area (Å²) in [5.41, 5.74) is -0.663. The summed E-state index contributed by atoms with van der Waals surface area (Å²) in [6.45, 7) is -1.31. The molecule has 4 rings (SSSR count). The SMILES string of the molecule is COCO[C@@]1(Cc2cc(N(CC(F)(F)F)C3CCCCC3)ccn2)C(=O)N(COC)[C@H]1COc1ccc(F)cc1. The Morgan fingerprint density at radius 3 is 2.45 bits per heavy atom. The quantitative estimate of drug-likeness (QED) is 0.196. The minimum atomic E-state index is -4.38. The number of rotatable bonds is 13. The van der Waals surface area contributed by atoms with Crippen molar-refractivity contribution in [3.63, 3.8) is 0 Å². The summed E-state index contributed by atoms with van der Waals surface area (Å²) in [6.07, 6.45) is 1.20. The van der Waals surface area contributed by atoms with E-state index in [9.17, 15) is 22.4 Å². The van der Waals surface area contributed by atoms with Gasteiger partial charge in [-0.25, -0.2) is 4.39 Å². The standard InChI is InChI=1S/C28H35F4N3O5/c1-37-18-35-25(16-39-24-10-8-20(29)9-11-24)27(26(35)36,40-19-38-2)15-21-14-23(12-13-33-21)34(17-28(30,31)32)22-6-4-3-5-7-22/h8-14,22,25H,3-7,15-19H2,1-2H3/t25-,27+/m0/s1. The Balaban J connectivity index is 1.61. The van der Waals surface area contributed by atoms with Crippen LogP contribution in [0, 0.1) is 5.82 Å². The summed E-state index contributed by atoms with van der Waals surface area (Å²) in [5, 5.41) is 0. The van der Waals surface area contributed by atoms with Gasteiger partial charge in [0.25, 0.3) is 5.91 Å². The molecule has 8 nitrogen and oxygen atoms in total. The van der Waals surface area contributed by atoms with Gasteiger partial charge in [0.05, 0.1) is 0 Å². The van der Waals surface area contributed by atoms with Gasteiger partial charge in [-0.3, -0.25) is 9.78 Å². The van der Waals surface area contributed by atoms with Crippen LogP contribution in [0.5, 0.6) is 5.75 Å². The summed E-state index contributed by atoms with van der Waals surface area (Å²) < 4.78 is 76.3. The fourth-order valence-electron chi connectivity index (χ4n) is 5.52. The van der Waals surface area contributed by atoms with Gasteiger partial charge >= 0.3 is 6.18 Å². The zero-order chi connectivity index (χ0) is 28.8. The largest absolute Gasteiger partial charge is 0.491 e. The number of pyridine rings is 1. The molecule has 1 amide bonds. The van der Waals surface area contributed by atoms with Crippen LogP contribution in [0.15, 0.2) is 42.6 Å². The molecular weight excluding hydrogens is 534 g/mol. The van der Waals surface area contributed by atoms with Crippen molar-refractivity contribution in [1.82, 2.24) is 9.88 Å². The highest BCUT2D eigenvalue weighted by Gasteiger charge is 2.62. The lowest BCUT2D eigenvalue weighted by molar-refractivity contribution is -0.236. The van der Waals surface area contributed by atoms with Crippen LogP contribution in [0.1, 0.15) is 37.8 Å². The molecule has 2 atom stereocenters. The van der Waals surface area contributed by atoms with Crippen LogP contribution in [0.3, 0.4) is 0 Å². The molecule has 2 aromatic rings. The second-order valence-electron chi connectivity index (χ2n) is 10.1. The lowest BCUT2D eigenvalue weighted by atomic mass is 9.78. The summed E-state index contributed by atoms with van der Waals surface area (Å²) in [7, 11) is 2.87. The minimum Gasteiger partial charge on any atom is -0.491 e. The van der Waals surface area contributed by atoms with Crippen molar-refractivity contribution in [2.24, 2.45) is 0 Å². The van der Waals surface area contributed by atoms with Crippen molar-refractivity contribution in [2.45, 2.75) is 62.4 Å². The van der Waals surface area contributed by atoms with E-state index in [1.54, 1.807) is 12.1 Å². The van der Waals surface area contributed by atoms with Crippen LogP contribution < -0.4 is 9.64 Å². The summed E-state index contributed by atoms with van der Waals surface area (Å²) >= 11 is 0. The predicted molar refractivity (Wildman–Crippen MR) is 138 cm³/mol. The maximum atomic E-state index is 13.6. The summed E-state index contributed by atoms with van der Waals surface area (Å²) in [4.78, 5) is 20.7. The Bertz CT molecular complexity index is 1110. The molecule has 1 aromatic carbocycles. The van der Waals surface area contributed by atoms with Crippen LogP contribution >= 0.6 is 0 Å². The van der Waals surface area contributed by atoms with Crippen LogP contribution in [0.4, 0.5) is 23.2 Å². The highest BCUT2D eigenvalue weighted by atomic mass is 19.4. The average Bonchev–Trinajstić information content (AvgIpc) is 2.94.